The Kier molecular flexibility index (Phi) is 4.74. The Labute approximate surface area is 145 Å². The highest BCUT2D eigenvalue weighted by molar-refractivity contribution is 7.09. The number of aryl methyl sites for hydroxylation is 2. The van der Waals surface area contributed by atoms with Gasteiger partial charge in [-0.2, -0.15) is 0 Å². The molecule has 0 amide bonds. The van der Waals surface area contributed by atoms with Gasteiger partial charge in [0.2, 0.25) is 5.78 Å². The maximum absolute atomic E-state index is 12.4. The zero-order valence-electron chi connectivity index (χ0n) is 13.7. The van der Waals surface area contributed by atoms with E-state index in [1.54, 1.807) is 0 Å². The van der Waals surface area contributed by atoms with Crippen molar-refractivity contribution in [1.29, 1.82) is 0 Å². The minimum atomic E-state index is -0.0336. The molecule has 0 saturated heterocycles. The van der Waals surface area contributed by atoms with E-state index in [2.05, 4.69) is 23.4 Å². The van der Waals surface area contributed by atoms with Crippen molar-refractivity contribution < 1.29 is 4.79 Å². The predicted octanol–water partition coefficient (Wildman–Crippen LogP) is 3.87. The topological polar surface area (TPSA) is 68.0 Å². The number of hydrogen-bond acceptors (Lipinski definition) is 5. The first-order chi connectivity index (χ1) is 11.6. The van der Waals surface area contributed by atoms with Crippen LogP contribution in [0.2, 0.25) is 0 Å². The van der Waals surface area contributed by atoms with E-state index in [-0.39, 0.29) is 5.78 Å². The number of anilines is 1. The molecule has 0 bridgehead atoms. The number of nitrogens with one attached hydrogen (secondary N) is 1. The summed E-state index contributed by atoms with van der Waals surface area (Å²) in [5.41, 5.74) is 8.25. The van der Waals surface area contributed by atoms with Crippen LogP contribution in [0, 0.1) is 13.8 Å². The van der Waals surface area contributed by atoms with E-state index in [0.29, 0.717) is 17.7 Å². The molecule has 0 saturated carbocycles. The first kappa shape index (κ1) is 16.4. The van der Waals surface area contributed by atoms with Crippen LogP contribution in [0.3, 0.4) is 0 Å². The van der Waals surface area contributed by atoms with E-state index in [0.717, 1.165) is 21.8 Å². The van der Waals surface area contributed by atoms with Gasteiger partial charge in [0.15, 0.2) is 0 Å². The number of nitrogen functional groups attached to an aromatic ring is 1. The number of aromatic nitrogens is 1. The molecule has 2 aromatic carbocycles. The van der Waals surface area contributed by atoms with Crippen LogP contribution in [0.15, 0.2) is 47.8 Å². The van der Waals surface area contributed by atoms with Crippen LogP contribution in [-0.4, -0.2) is 10.8 Å². The van der Waals surface area contributed by atoms with E-state index in [9.17, 15) is 4.79 Å². The second-order valence-corrected chi connectivity index (χ2v) is 6.68. The zero-order valence-corrected chi connectivity index (χ0v) is 14.5. The highest BCUT2D eigenvalue weighted by Crippen LogP contribution is 2.24. The van der Waals surface area contributed by atoms with Crippen molar-refractivity contribution in [3.8, 4) is 0 Å². The van der Waals surface area contributed by atoms with Crippen molar-refractivity contribution in [3.63, 3.8) is 0 Å². The third kappa shape index (κ3) is 3.37. The van der Waals surface area contributed by atoms with E-state index < -0.39 is 0 Å². The zero-order chi connectivity index (χ0) is 17.1. The van der Waals surface area contributed by atoms with Crippen molar-refractivity contribution in [2.75, 3.05) is 5.43 Å². The number of carbonyl (C=O) groups is 1. The minimum Gasteiger partial charge on any atom is -0.324 e. The van der Waals surface area contributed by atoms with Crippen LogP contribution >= 0.6 is 11.3 Å². The number of hydrazine groups is 1. The number of hydrogen-bond donors (Lipinski definition) is 2. The summed E-state index contributed by atoms with van der Waals surface area (Å²) in [6, 6.07) is 13.4. The van der Waals surface area contributed by atoms with Crippen LogP contribution in [0.25, 0.3) is 0 Å². The monoisotopic (exact) mass is 337 g/mol. The highest BCUT2D eigenvalue weighted by atomic mass is 32.1. The van der Waals surface area contributed by atoms with Gasteiger partial charge in [0, 0.05) is 17.4 Å². The molecule has 0 aliphatic rings. The normalized spacial score (nSPS) is 10.6. The summed E-state index contributed by atoms with van der Waals surface area (Å²) in [5.74, 6) is 5.48. The summed E-state index contributed by atoms with van der Waals surface area (Å²) in [4.78, 5) is 17.0. The Bertz CT molecular complexity index is 872. The van der Waals surface area contributed by atoms with E-state index in [4.69, 9.17) is 5.84 Å². The number of thiazole rings is 1. The molecule has 1 heterocycles. The second-order valence-electron chi connectivity index (χ2n) is 5.74. The molecule has 3 rings (SSSR count). The summed E-state index contributed by atoms with van der Waals surface area (Å²) < 4.78 is 0. The molecule has 1 aromatic heterocycles. The van der Waals surface area contributed by atoms with Crippen LogP contribution in [0.1, 0.15) is 37.7 Å². The number of ketones is 1. The van der Waals surface area contributed by atoms with Gasteiger partial charge in [-0.3, -0.25) is 10.6 Å². The first-order valence-electron chi connectivity index (χ1n) is 7.69. The van der Waals surface area contributed by atoms with Crippen molar-refractivity contribution in [1.82, 2.24) is 4.98 Å². The lowest BCUT2D eigenvalue weighted by molar-refractivity contribution is 0.103. The summed E-state index contributed by atoms with van der Waals surface area (Å²) in [6.07, 6.45) is 0.713. The molecule has 3 aromatic rings. The molecule has 0 unspecified atom stereocenters. The Morgan fingerprint density at radius 2 is 1.92 bits per heavy atom. The summed E-state index contributed by atoms with van der Waals surface area (Å²) in [6.45, 7) is 4.07. The Morgan fingerprint density at radius 1 is 1.17 bits per heavy atom. The lowest BCUT2D eigenvalue weighted by Crippen LogP contribution is -2.09. The average Bonchev–Trinajstić information content (AvgIpc) is 3.06. The van der Waals surface area contributed by atoms with Crippen molar-refractivity contribution >= 4 is 22.8 Å². The number of carbonyl (C=O) groups excluding carboxylic acids is 1. The van der Waals surface area contributed by atoms with Crippen molar-refractivity contribution in [2.24, 2.45) is 5.84 Å². The maximum atomic E-state index is 12.4. The summed E-state index contributed by atoms with van der Waals surface area (Å²) in [5, 5.41) is 2.77. The van der Waals surface area contributed by atoms with E-state index in [1.165, 1.54) is 16.9 Å². The third-order valence-electron chi connectivity index (χ3n) is 4.00. The Hall–Kier alpha value is -2.50. The van der Waals surface area contributed by atoms with Gasteiger partial charge in [-0.1, -0.05) is 36.4 Å². The molecule has 4 nitrogen and oxygen atoms in total. The molecule has 0 aliphatic heterocycles. The standard InChI is InChI=1S/C19H19N3OS/c1-12-9-16(22-20)13(2)8-15(12)10-18-21-17(11-24-18)19(23)14-6-4-3-5-7-14/h3-9,11,22H,10,20H2,1-2H3. The molecule has 0 aliphatic carbocycles. The molecule has 0 fully saturated rings. The van der Waals surface area contributed by atoms with Gasteiger partial charge >= 0.3 is 0 Å². The van der Waals surface area contributed by atoms with Crippen molar-refractivity contribution in [2.45, 2.75) is 20.3 Å². The quantitative estimate of drug-likeness (QED) is 0.421. The summed E-state index contributed by atoms with van der Waals surface area (Å²) >= 11 is 1.52. The number of nitrogens with two attached hydrogens (primary N) is 1. The molecule has 0 atom stereocenters. The lowest BCUT2D eigenvalue weighted by Gasteiger charge is -2.10. The van der Waals surface area contributed by atoms with E-state index >= 15 is 0 Å². The van der Waals surface area contributed by atoms with Gasteiger partial charge in [0.25, 0.3) is 0 Å². The molecule has 0 radical (unpaired) electrons. The highest BCUT2D eigenvalue weighted by Gasteiger charge is 2.14. The molecule has 0 spiro atoms. The number of rotatable bonds is 5. The van der Waals surface area contributed by atoms with Gasteiger partial charge in [0.1, 0.15) is 5.69 Å². The van der Waals surface area contributed by atoms with Gasteiger partial charge in [-0.15, -0.1) is 11.3 Å². The van der Waals surface area contributed by atoms with Gasteiger partial charge in [0.05, 0.1) is 10.7 Å². The fraction of sp³-hybridized carbons (Fsp3) is 0.158. The Balaban J connectivity index is 1.82. The molecular formula is C19H19N3OS. The van der Waals surface area contributed by atoms with E-state index in [1.807, 2.05) is 48.7 Å². The lowest BCUT2D eigenvalue weighted by atomic mass is 10.0. The molecule has 24 heavy (non-hydrogen) atoms. The smallest absolute Gasteiger partial charge is 0.212 e. The SMILES string of the molecule is Cc1cc(NN)c(C)cc1Cc1nc(C(=O)c2ccccc2)cs1. The third-order valence-corrected chi connectivity index (χ3v) is 4.85. The van der Waals surface area contributed by atoms with Crippen LogP contribution < -0.4 is 11.3 Å². The fourth-order valence-electron chi connectivity index (χ4n) is 2.62. The van der Waals surface area contributed by atoms with Crippen molar-refractivity contribution in [3.05, 3.63) is 80.8 Å². The fourth-order valence-corrected chi connectivity index (χ4v) is 3.42. The second kappa shape index (κ2) is 6.95. The molecular weight excluding hydrogens is 318 g/mol. The number of benzene rings is 2. The number of nitrogens with zero attached hydrogens (tertiary/aromatic N) is 1. The van der Waals surface area contributed by atoms with Crippen LogP contribution in [0.5, 0.6) is 0 Å². The predicted molar refractivity (Wildman–Crippen MR) is 98.5 cm³/mol. The van der Waals surface area contributed by atoms with Gasteiger partial charge < -0.3 is 5.43 Å². The minimum absolute atomic E-state index is 0.0336. The Morgan fingerprint density at radius 3 is 2.62 bits per heavy atom. The molecule has 122 valence electrons. The maximum Gasteiger partial charge on any atom is 0.212 e. The summed E-state index contributed by atoms with van der Waals surface area (Å²) in [7, 11) is 0. The van der Waals surface area contributed by atoms with Crippen LogP contribution in [0.4, 0.5) is 5.69 Å². The largest absolute Gasteiger partial charge is 0.324 e. The molecule has 5 heteroatoms. The average molecular weight is 337 g/mol. The van der Waals surface area contributed by atoms with Gasteiger partial charge in [-0.05, 0) is 36.6 Å². The first-order valence-corrected chi connectivity index (χ1v) is 8.57. The van der Waals surface area contributed by atoms with Crippen LogP contribution in [-0.2, 0) is 6.42 Å². The van der Waals surface area contributed by atoms with Gasteiger partial charge in [-0.25, -0.2) is 4.98 Å². The molecule has 3 N–H and O–H groups in total.